The zero-order valence-electron chi connectivity index (χ0n) is 12.6. The largest absolute Gasteiger partial charge is 0.368 e. The fourth-order valence-electron chi connectivity index (χ4n) is 2.16. The summed E-state index contributed by atoms with van der Waals surface area (Å²) in [5.41, 5.74) is 6.17. The van der Waals surface area contributed by atoms with Gasteiger partial charge in [-0.05, 0) is 23.6 Å². The Morgan fingerprint density at radius 1 is 1.30 bits per heavy atom. The smallest absolute Gasteiger partial charge is 0.246 e. The Morgan fingerprint density at radius 2 is 2.04 bits per heavy atom. The predicted molar refractivity (Wildman–Crippen MR) is 93.8 cm³/mol. The molecule has 0 bridgehead atoms. The zero-order chi connectivity index (χ0) is 16.2. The molecule has 0 fully saturated rings. The van der Waals surface area contributed by atoms with Crippen LogP contribution in [0.25, 0.3) is 16.2 Å². The van der Waals surface area contributed by atoms with Gasteiger partial charge in [0, 0.05) is 40.7 Å². The number of likely N-dealkylation sites (N-methyl/N-ethyl adjacent to an activating group) is 1. The average Bonchev–Trinajstić information content (AvgIpc) is 2.96. The Labute approximate surface area is 138 Å². The molecule has 23 heavy (non-hydrogen) atoms. The van der Waals surface area contributed by atoms with Gasteiger partial charge in [0.05, 0.1) is 6.54 Å². The lowest BCUT2D eigenvalue weighted by atomic mass is 10.2. The third-order valence-corrected chi connectivity index (χ3v) is 4.46. The van der Waals surface area contributed by atoms with Gasteiger partial charge in [-0.3, -0.25) is 4.79 Å². The summed E-state index contributed by atoms with van der Waals surface area (Å²) < 4.78 is 1.23. The molecule has 0 aliphatic heterocycles. The van der Waals surface area contributed by atoms with Crippen LogP contribution in [-0.4, -0.2) is 27.8 Å². The first kappa shape index (κ1) is 15.2. The minimum atomic E-state index is -0.0701. The van der Waals surface area contributed by atoms with Crippen LogP contribution in [0, 0.1) is 0 Å². The maximum Gasteiger partial charge on any atom is 0.246 e. The van der Waals surface area contributed by atoms with E-state index in [1.807, 2.05) is 12.1 Å². The van der Waals surface area contributed by atoms with E-state index < -0.39 is 0 Å². The fourth-order valence-corrected chi connectivity index (χ4v) is 3.27. The normalized spacial score (nSPS) is 11.2. The van der Waals surface area contributed by atoms with Gasteiger partial charge in [0.1, 0.15) is 0 Å². The number of fused-ring (bicyclic) bond motifs is 1. The molecule has 1 amide bonds. The second-order valence-electron chi connectivity index (χ2n) is 5.15. The number of hydrogen-bond acceptors (Lipinski definition) is 5. The minimum absolute atomic E-state index is 0.0701. The fraction of sp³-hybridized carbons (Fsp3) is 0.118. The molecule has 0 aliphatic rings. The summed E-state index contributed by atoms with van der Waals surface area (Å²) in [4.78, 5) is 22.8. The van der Waals surface area contributed by atoms with Crippen LogP contribution in [0.2, 0.25) is 0 Å². The van der Waals surface area contributed by atoms with Gasteiger partial charge in [-0.1, -0.05) is 18.2 Å². The molecule has 5 nitrogen and oxygen atoms in total. The molecule has 0 unspecified atom stereocenters. The van der Waals surface area contributed by atoms with E-state index in [0.29, 0.717) is 6.54 Å². The predicted octanol–water partition coefficient (Wildman–Crippen LogP) is 2.95. The van der Waals surface area contributed by atoms with Crippen molar-refractivity contribution in [2.24, 2.45) is 0 Å². The highest BCUT2D eigenvalue weighted by Gasteiger charge is 2.08. The number of carbonyl (C=O) groups excluding carboxylic acids is 1. The van der Waals surface area contributed by atoms with Crippen molar-refractivity contribution < 1.29 is 4.79 Å². The molecule has 2 heterocycles. The Balaban J connectivity index is 1.66. The van der Waals surface area contributed by atoms with E-state index >= 15 is 0 Å². The van der Waals surface area contributed by atoms with Crippen molar-refractivity contribution in [3.05, 3.63) is 59.2 Å². The van der Waals surface area contributed by atoms with Gasteiger partial charge in [0.25, 0.3) is 0 Å². The number of nitrogens with two attached hydrogens (primary N) is 1. The topological polar surface area (TPSA) is 72.1 Å². The number of amides is 1. The molecule has 1 aromatic carbocycles. The minimum Gasteiger partial charge on any atom is -0.368 e. The van der Waals surface area contributed by atoms with Crippen LogP contribution < -0.4 is 5.73 Å². The Morgan fingerprint density at radius 3 is 2.78 bits per heavy atom. The summed E-state index contributed by atoms with van der Waals surface area (Å²) in [6.45, 7) is 0.584. The van der Waals surface area contributed by atoms with Crippen LogP contribution in [0.15, 0.2) is 48.8 Å². The standard InChI is InChI=1S/C17H16N4OS/c1-21(11-14-8-13-4-2-3-5-15(13)23-14)16(22)7-6-12-9-19-17(18)20-10-12/h2-10H,11H2,1H3,(H2,18,19,20)/b7-6+. The molecular weight excluding hydrogens is 308 g/mol. The molecule has 3 aromatic rings. The molecule has 3 rings (SSSR count). The van der Waals surface area contributed by atoms with Crippen LogP contribution in [0.1, 0.15) is 10.4 Å². The highest BCUT2D eigenvalue weighted by atomic mass is 32.1. The van der Waals surface area contributed by atoms with Crippen LogP contribution >= 0.6 is 11.3 Å². The van der Waals surface area contributed by atoms with E-state index in [9.17, 15) is 4.79 Å². The molecule has 116 valence electrons. The zero-order valence-corrected chi connectivity index (χ0v) is 13.5. The van der Waals surface area contributed by atoms with Gasteiger partial charge in [0.15, 0.2) is 0 Å². The summed E-state index contributed by atoms with van der Waals surface area (Å²) >= 11 is 1.71. The molecule has 6 heteroatoms. The van der Waals surface area contributed by atoms with Crippen LogP contribution in [0.5, 0.6) is 0 Å². The Bertz CT molecular complexity index is 821. The van der Waals surface area contributed by atoms with Crippen molar-refractivity contribution in [1.82, 2.24) is 14.9 Å². The number of thiophene rings is 1. The lowest BCUT2D eigenvalue weighted by Crippen LogP contribution is -2.23. The maximum absolute atomic E-state index is 12.2. The molecule has 2 aromatic heterocycles. The van der Waals surface area contributed by atoms with E-state index in [2.05, 4.69) is 28.2 Å². The van der Waals surface area contributed by atoms with E-state index in [0.717, 1.165) is 10.4 Å². The summed E-state index contributed by atoms with van der Waals surface area (Å²) in [5, 5.41) is 1.21. The van der Waals surface area contributed by atoms with Crippen molar-refractivity contribution >= 4 is 39.4 Å². The number of nitrogen functional groups attached to an aromatic ring is 1. The van der Waals surface area contributed by atoms with E-state index in [-0.39, 0.29) is 11.9 Å². The first-order valence-corrected chi connectivity index (χ1v) is 7.91. The summed E-state index contributed by atoms with van der Waals surface area (Å²) in [5.74, 6) is 0.148. The van der Waals surface area contributed by atoms with Crippen molar-refractivity contribution in [1.29, 1.82) is 0 Å². The number of hydrogen-bond donors (Lipinski definition) is 1. The average molecular weight is 324 g/mol. The summed E-state index contributed by atoms with van der Waals surface area (Å²) in [6, 6.07) is 10.3. The first-order valence-electron chi connectivity index (χ1n) is 7.10. The highest BCUT2D eigenvalue weighted by molar-refractivity contribution is 7.19. The quantitative estimate of drug-likeness (QED) is 0.749. The highest BCUT2D eigenvalue weighted by Crippen LogP contribution is 2.26. The number of nitrogens with zero attached hydrogens (tertiary/aromatic N) is 3. The monoisotopic (exact) mass is 324 g/mol. The van der Waals surface area contributed by atoms with Gasteiger partial charge in [-0.25, -0.2) is 9.97 Å². The SMILES string of the molecule is CN(Cc1cc2ccccc2s1)C(=O)/C=C/c1cnc(N)nc1. The van der Waals surface area contributed by atoms with E-state index in [4.69, 9.17) is 5.73 Å². The van der Waals surface area contributed by atoms with Crippen molar-refractivity contribution in [2.45, 2.75) is 6.54 Å². The molecule has 0 saturated carbocycles. The van der Waals surface area contributed by atoms with Crippen molar-refractivity contribution in [2.75, 3.05) is 12.8 Å². The number of aromatic nitrogens is 2. The molecule has 0 radical (unpaired) electrons. The molecule has 0 atom stereocenters. The third kappa shape index (κ3) is 3.73. The number of benzene rings is 1. The molecule has 2 N–H and O–H groups in total. The van der Waals surface area contributed by atoms with Gasteiger partial charge >= 0.3 is 0 Å². The Hall–Kier alpha value is -2.73. The number of rotatable bonds is 4. The second-order valence-corrected chi connectivity index (χ2v) is 6.32. The van der Waals surface area contributed by atoms with Crippen molar-refractivity contribution in [3.63, 3.8) is 0 Å². The van der Waals surface area contributed by atoms with E-state index in [1.165, 1.54) is 16.2 Å². The van der Waals surface area contributed by atoms with Gasteiger partial charge < -0.3 is 10.6 Å². The van der Waals surface area contributed by atoms with E-state index in [1.54, 1.807) is 41.8 Å². The van der Waals surface area contributed by atoms with Crippen LogP contribution in [0.3, 0.4) is 0 Å². The lowest BCUT2D eigenvalue weighted by Gasteiger charge is -2.13. The number of carbonyl (C=O) groups is 1. The van der Waals surface area contributed by atoms with Gasteiger partial charge in [0.2, 0.25) is 11.9 Å². The Kier molecular flexibility index (Phi) is 4.34. The second kappa shape index (κ2) is 6.58. The van der Waals surface area contributed by atoms with Crippen LogP contribution in [0.4, 0.5) is 5.95 Å². The third-order valence-electron chi connectivity index (χ3n) is 3.36. The number of anilines is 1. The summed E-state index contributed by atoms with van der Waals surface area (Å²) in [7, 11) is 1.79. The first-order chi connectivity index (χ1) is 11.1. The van der Waals surface area contributed by atoms with Crippen LogP contribution in [-0.2, 0) is 11.3 Å². The molecule has 0 spiro atoms. The lowest BCUT2D eigenvalue weighted by molar-refractivity contribution is -0.125. The van der Waals surface area contributed by atoms with Gasteiger partial charge in [-0.15, -0.1) is 11.3 Å². The molecule has 0 saturated heterocycles. The maximum atomic E-state index is 12.2. The van der Waals surface area contributed by atoms with Crippen molar-refractivity contribution in [3.8, 4) is 0 Å². The molecule has 0 aliphatic carbocycles. The molecular formula is C17H16N4OS. The van der Waals surface area contributed by atoms with Gasteiger partial charge in [-0.2, -0.15) is 0 Å². The summed E-state index contributed by atoms with van der Waals surface area (Å²) in [6.07, 6.45) is 6.36.